The molecule has 1 aliphatic rings. The Bertz CT molecular complexity index is 1580. The Labute approximate surface area is 241 Å². The first kappa shape index (κ1) is 27.4. The monoisotopic (exact) mass is 620 g/mol. The van der Waals surface area contributed by atoms with Gasteiger partial charge in [-0.2, -0.15) is 0 Å². The van der Waals surface area contributed by atoms with E-state index in [0.717, 1.165) is 26.0 Å². The number of carbonyl (C=O) groups excluding carboxylic acids is 1. The van der Waals surface area contributed by atoms with Crippen molar-refractivity contribution in [2.24, 2.45) is 0 Å². The van der Waals surface area contributed by atoms with E-state index in [0.29, 0.717) is 47.2 Å². The van der Waals surface area contributed by atoms with E-state index in [2.05, 4.69) is 32.2 Å². The normalized spacial score (nSPS) is 13.6. The first-order valence-corrected chi connectivity index (χ1v) is 14.5. The number of anilines is 1. The molecule has 0 atom stereocenters. The zero-order valence-electron chi connectivity index (χ0n) is 21.1. The standard InChI is InChI=1S/C28H24AsClN5O5/c1-2-25(36)34-22-12-19-21(13-24(22)40-15-28(8-9-28)35-27(37)38)32-16-33-26(19)29-17-6-7-23(20(30)11-17)39-14-18-5-3-4-10-31-18/h2-7,10-13,16,35H,1,8-9,14-15H2,(H,34,36)(H,37,38). The Morgan fingerprint density at radius 2 is 1.95 bits per heavy atom. The Morgan fingerprint density at radius 3 is 2.65 bits per heavy atom. The number of halogens is 1. The van der Waals surface area contributed by atoms with Crippen molar-refractivity contribution in [3.05, 3.63) is 84.4 Å². The number of aromatic nitrogens is 3. The third kappa shape index (κ3) is 6.70. The predicted octanol–water partition coefficient (Wildman–Crippen LogP) is 3.22. The van der Waals surface area contributed by atoms with Gasteiger partial charge in [0.05, 0.1) is 0 Å². The van der Waals surface area contributed by atoms with Crippen LogP contribution in [0.5, 0.6) is 11.5 Å². The van der Waals surface area contributed by atoms with Gasteiger partial charge in [-0.1, -0.05) is 0 Å². The second kappa shape index (κ2) is 11.9. The Morgan fingerprint density at radius 1 is 1.10 bits per heavy atom. The van der Waals surface area contributed by atoms with E-state index >= 15 is 0 Å². The second-order valence-corrected chi connectivity index (χ2v) is 11.9. The van der Waals surface area contributed by atoms with Crippen LogP contribution in [-0.2, 0) is 11.4 Å². The minimum absolute atomic E-state index is 0.124. The summed E-state index contributed by atoms with van der Waals surface area (Å²) in [6.45, 7) is 3.95. The van der Waals surface area contributed by atoms with E-state index in [1.54, 1.807) is 18.3 Å². The number of fused-ring (bicyclic) bond motifs is 1. The van der Waals surface area contributed by atoms with Crippen molar-refractivity contribution in [3.8, 4) is 11.5 Å². The molecule has 2 amide bonds. The molecule has 12 heteroatoms. The number of benzene rings is 2. The number of amides is 2. The molecule has 1 fully saturated rings. The van der Waals surface area contributed by atoms with Gasteiger partial charge in [0.25, 0.3) is 0 Å². The van der Waals surface area contributed by atoms with Crippen molar-refractivity contribution in [1.82, 2.24) is 20.3 Å². The van der Waals surface area contributed by atoms with Crippen molar-refractivity contribution in [1.29, 1.82) is 0 Å². The Kier molecular flexibility index (Phi) is 8.18. The molecule has 1 aliphatic carbocycles. The summed E-state index contributed by atoms with van der Waals surface area (Å²) in [5, 5.41) is 15.7. The van der Waals surface area contributed by atoms with Crippen LogP contribution in [0.1, 0.15) is 18.5 Å². The number of carbonyl (C=O) groups is 2. The third-order valence-electron chi connectivity index (χ3n) is 6.14. The molecule has 40 heavy (non-hydrogen) atoms. The molecule has 1 saturated carbocycles. The fourth-order valence-electron chi connectivity index (χ4n) is 3.89. The molecule has 0 aliphatic heterocycles. The van der Waals surface area contributed by atoms with Gasteiger partial charge in [-0.25, -0.2) is 0 Å². The van der Waals surface area contributed by atoms with Gasteiger partial charge < -0.3 is 0 Å². The van der Waals surface area contributed by atoms with Crippen LogP contribution in [0.2, 0.25) is 5.02 Å². The van der Waals surface area contributed by atoms with Gasteiger partial charge in [0, 0.05) is 0 Å². The van der Waals surface area contributed by atoms with Gasteiger partial charge in [0.1, 0.15) is 0 Å². The average Bonchev–Trinajstić information content (AvgIpc) is 3.71. The summed E-state index contributed by atoms with van der Waals surface area (Å²) in [5.74, 6) is 0.528. The van der Waals surface area contributed by atoms with Gasteiger partial charge in [-0.05, 0) is 0 Å². The van der Waals surface area contributed by atoms with Gasteiger partial charge >= 0.3 is 242 Å². The average molecular weight is 621 g/mol. The second-order valence-electron chi connectivity index (χ2n) is 9.09. The fraction of sp³-hybridized carbons (Fsp3) is 0.179. The van der Waals surface area contributed by atoms with Crippen molar-refractivity contribution in [3.63, 3.8) is 0 Å². The number of ether oxygens (including phenoxy) is 2. The topological polar surface area (TPSA) is 136 Å². The summed E-state index contributed by atoms with van der Waals surface area (Å²) in [4.78, 5) is 36.5. The summed E-state index contributed by atoms with van der Waals surface area (Å²) in [6, 6.07) is 14.8. The summed E-state index contributed by atoms with van der Waals surface area (Å²) in [7, 11) is 0. The summed E-state index contributed by atoms with van der Waals surface area (Å²) in [5.41, 5.74) is 1.21. The molecule has 0 unspecified atom stereocenters. The zero-order chi connectivity index (χ0) is 28.1. The van der Waals surface area contributed by atoms with Crippen LogP contribution in [0.4, 0.5) is 10.5 Å². The van der Waals surface area contributed by atoms with E-state index in [4.69, 9.17) is 26.2 Å². The van der Waals surface area contributed by atoms with E-state index < -0.39 is 33.3 Å². The maximum absolute atomic E-state index is 12.2. The van der Waals surface area contributed by atoms with Crippen molar-refractivity contribution >= 4 is 64.8 Å². The number of nitrogens with one attached hydrogen (secondary N) is 2. The van der Waals surface area contributed by atoms with E-state index in [1.165, 1.54) is 6.33 Å². The van der Waals surface area contributed by atoms with E-state index in [1.807, 2.05) is 36.4 Å². The van der Waals surface area contributed by atoms with Crippen LogP contribution in [0.25, 0.3) is 10.9 Å². The van der Waals surface area contributed by atoms with Crippen LogP contribution >= 0.6 is 11.6 Å². The summed E-state index contributed by atoms with van der Waals surface area (Å²) < 4.78 is 13.6. The number of hydrogen-bond donors (Lipinski definition) is 3. The minimum atomic E-state index is -1.10. The van der Waals surface area contributed by atoms with E-state index in [-0.39, 0.29) is 6.61 Å². The Balaban J connectivity index is 1.38. The molecular formula is C28H24AsClN5O5. The van der Waals surface area contributed by atoms with Crippen molar-refractivity contribution in [2.45, 2.75) is 25.0 Å². The number of carboxylic acid groups (broad SMARTS) is 1. The molecular weight excluding hydrogens is 597 g/mol. The van der Waals surface area contributed by atoms with Crippen LogP contribution < -0.4 is 28.9 Å². The van der Waals surface area contributed by atoms with Gasteiger partial charge in [0.15, 0.2) is 0 Å². The molecule has 5 rings (SSSR count). The van der Waals surface area contributed by atoms with Gasteiger partial charge in [-0.3, -0.25) is 0 Å². The van der Waals surface area contributed by atoms with Crippen molar-refractivity contribution in [2.75, 3.05) is 11.9 Å². The van der Waals surface area contributed by atoms with Crippen LogP contribution in [0, 0.1) is 0 Å². The van der Waals surface area contributed by atoms with Crippen molar-refractivity contribution < 1.29 is 24.2 Å². The molecule has 2 heterocycles. The summed E-state index contributed by atoms with van der Waals surface area (Å²) in [6.07, 6.45) is 4.60. The Hall–Kier alpha value is -4.14. The molecule has 0 saturated heterocycles. The number of rotatable bonds is 11. The molecule has 3 N–H and O–H groups in total. The molecule has 0 spiro atoms. The number of hydrogen-bond acceptors (Lipinski definition) is 7. The first-order chi connectivity index (χ1) is 19.3. The molecule has 4 aromatic rings. The third-order valence-corrected chi connectivity index (χ3v) is 8.75. The first-order valence-electron chi connectivity index (χ1n) is 12.2. The van der Waals surface area contributed by atoms with Crippen LogP contribution in [-0.4, -0.2) is 60.0 Å². The molecule has 2 aromatic heterocycles. The van der Waals surface area contributed by atoms with Crippen LogP contribution in [0.15, 0.2) is 73.7 Å². The number of nitrogens with zero attached hydrogens (tertiary/aromatic N) is 3. The van der Waals surface area contributed by atoms with Gasteiger partial charge in [0.2, 0.25) is 0 Å². The van der Waals surface area contributed by atoms with E-state index in [9.17, 15) is 9.59 Å². The number of pyridine rings is 1. The molecule has 1 radical (unpaired) electrons. The molecule has 0 bridgehead atoms. The zero-order valence-corrected chi connectivity index (χ0v) is 23.8. The predicted molar refractivity (Wildman–Crippen MR) is 152 cm³/mol. The maximum atomic E-state index is 12.2. The fourth-order valence-corrected chi connectivity index (χ4v) is 6.38. The quantitative estimate of drug-likeness (QED) is 0.172. The molecule has 203 valence electrons. The molecule has 10 nitrogen and oxygen atoms in total. The summed E-state index contributed by atoms with van der Waals surface area (Å²) >= 11 is 5.93. The van der Waals surface area contributed by atoms with Gasteiger partial charge in [-0.15, -0.1) is 0 Å². The molecule has 2 aromatic carbocycles. The SMILES string of the molecule is C=CC(=O)Nc1cc2c([As]c3ccc(OCc4ccccn4)c(Cl)c3)ncnc2cc1OCC1(NC(=O)O)CC1. The van der Waals surface area contributed by atoms with Crippen LogP contribution in [0.3, 0.4) is 0 Å².